The molecule has 0 unspecified atom stereocenters. The number of nitrogens with zero attached hydrogens (tertiary/aromatic N) is 4. The summed E-state index contributed by atoms with van der Waals surface area (Å²) in [5.74, 6) is 0.258. The van der Waals surface area contributed by atoms with Crippen molar-refractivity contribution in [2.45, 2.75) is 44.7 Å². The van der Waals surface area contributed by atoms with Gasteiger partial charge in [-0.25, -0.2) is 9.67 Å². The minimum atomic E-state index is -0.818. The minimum absolute atomic E-state index is 0.152. The number of aromatic nitrogens is 3. The molecule has 0 radical (unpaired) electrons. The number of rotatable bonds is 9. The van der Waals surface area contributed by atoms with E-state index in [1.165, 1.54) is 5.56 Å². The highest BCUT2D eigenvalue weighted by molar-refractivity contribution is 6.41. The lowest BCUT2D eigenvalue weighted by Crippen LogP contribution is -2.38. The van der Waals surface area contributed by atoms with Crippen molar-refractivity contribution in [1.29, 1.82) is 0 Å². The lowest BCUT2D eigenvalue weighted by atomic mass is 9.77. The van der Waals surface area contributed by atoms with Gasteiger partial charge in [-0.1, -0.05) is 129 Å². The standard InChI is InChI=1S/C45H39N5O/c1-30(2)33-14-13-15-34(26-33)31(3)47-44(51)41-27-35-28-42-39(29-40(35)48-41)43(32-22-24-46-25-23-32)49-50(42)45(36-16-7-4-8-17-36,37-18-9-5-10-19-37)38-20-11-6-12-21-38/h4-26,28-31H,27H2,1-3H3,(H,47,51)/t31-/m1/s1. The third kappa shape index (κ3) is 5.73. The van der Waals surface area contributed by atoms with E-state index in [1.807, 2.05) is 37.3 Å². The Bertz CT molecular complexity index is 2270. The average Bonchev–Trinajstić information content (AvgIpc) is 3.77. The Kier molecular flexibility index (Phi) is 8.36. The van der Waals surface area contributed by atoms with E-state index in [4.69, 9.17) is 10.1 Å². The summed E-state index contributed by atoms with van der Waals surface area (Å²) in [6.07, 6.45) is 4.02. The van der Waals surface area contributed by atoms with Crippen LogP contribution in [0.25, 0.3) is 22.2 Å². The number of benzene rings is 5. The monoisotopic (exact) mass is 665 g/mol. The highest BCUT2D eigenvalue weighted by Crippen LogP contribution is 2.45. The van der Waals surface area contributed by atoms with Crippen molar-refractivity contribution >= 4 is 28.2 Å². The van der Waals surface area contributed by atoms with E-state index in [-0.39, 0.29) is 11.9 Å². The van der Waals surface area contributed by atoms with Crippen LogP contribution in [0.5, 0.6) is 0 Å². The summed E-state index contributed by atoms with van der Waals surface area (Å²) in [7, 11) is 0. The molecule has 0 saturated carbocycles. The first-order valence-electron chi connectivity index (χ1n) is 17.5. The third-order valence-corrected chi connectivity index (χ3v) is 10.0. The predicted octanol–water partition coefficient (Wildman–Crippen LogP) is 9.57. The van der Waals surface area contributed by atoms with Crippen LogP contribution < -0.4 is 5.32 Å². The molecular formula is C45H39N5O. The van der Waals surface area contributed by atoms with Gasteiger partial charge in [-0.15, -0.1) is 0 Å². The summed E-state index contributed by atoms with van der Waals surface area (Å²) in [6.45, 7) is 6.39. The van der Waals surface area contributed by atoms with Crippen LogP contribution in [-0.4, -0.2) is 26.4 Å². The van der Waals surface area contributed by atoms with Gasteiger partial charge in [0.25, 0.3) is 5.91 Å². The largest absolute Gasteiger partial charge is 0.344 e. The summed E-state index contributed by atoms with van der Waals surface area (Å²) in [6, 6.07) is 48.3. The summed E-state index contributed by atoms with van der Waals surface area (Å²) in [5.41, 5.74) is 9.79. The molecule has 0 spiro atoms. The lowest BCUT2D eigenvalue weighted by Gasteiger charge is -2.37. The van der Waals surface area contributed by atoms with Crippen LogP contribution in [0.4, 0.5) is 5.69 Å². The number of hydrogen-bond donors (Lipinski definition) is 1. The molecule has 0 saturated heterocycles. The molecule has 1 aliphatic rings. The number of nitrogens with one attached hydrogen (secondary N) is 1. The Morgan fingerprint density at radius 1 is 0.706 bits per heavy atom. The Balaban J connectivity index is 1.29. The van der Waals surface area contributed by atoms with E-state index in [0.717, 1.165) is 55.7 Å². The number of fused-ring (bicyclic) bond motifs is 2. The number of aliphatic imine (C=N–C) groups is 1. The van der Waals surface area contributed by atoms with E-state index in [2.05, 4.69) is 138 Å². The molecule has 7 aromatic rings. The molecule has 2 aromatic heterocycles. The molecule has 6 heteroatoms. The number of carbonyl (C=O) groups is 1. The van der Waals surface area contributed by atoms with E-state index < -0.39 is 5.54 Å². The summed E-state index contributed by atoms with van der Waals surface area (Å²) in [5, 5.41) is 9.68. The number of hydrogen-bond acceptors (Lipinski definition) is 4. The van der Waals surface area contributed by atoms with E-state index in [9.17, 15) is 4.79 Å². The zero-order valence-corrected chi connectivity index (χ0v) is 29.0. The van der Waals surface area contributed by atoms with Crippen molar-refractivity contribution in [3.63, 3.8) is 0 Å². The van der Waals surface area contributed by atoms with Crippen LogP contribution in [0.3, 0.4) is 0 Å². The average molecular weight is 666 g/mol. The van der Waals surface area contributed by atoms with Gasteiger partial charge >= 0.3 is 0 Å². The van der Waals surface area contributed by atoms with Crippen LogP contribution >= 0.6 is 0 Å². The van der Waals surface area contributed by atoms with Crippen LogP contribution in [0.15, 0.2) is 157 Å². The maximum Gasteiger partial charge on any atom is 0.266 e. The van der Waals surface area contributed by atoms with Crippen molar-refractivity contribution in [2.75, 3.05) is 0 Å². The fraction of sp³-hybridized carbons (Fsp3) is 0.156. The van der Waals surface area contributed by atoms with Crippen LogP contribution in [0, 0.1) is 0 Å². The normalized spacial score (nSPS) is 13.2. The Morgan fingerprint density at radius 3 is 1.88 bits per heavy atom. The number of amides is 1. The Morgan fingerprint density at radius 2 is 1.29 bits per heavy atom. The Hall–Kier alpha value is -6.14. The second-order valence-corrected chi connectivity index (χ2v) is 13.6. The lowest BCUT2D eigenvalue weighted by molar-refractivity contribution is -0.115. The van der Waals surface area contributed by atoms with Gasteiger partial charge < -0.3 is 5.32 Å². The molecule has 1 amide bonds. The quantitative estimate of drug-likeness (QED) is 0.156. The minimum Gasteiger partial charge on any atom is -0.344 e. The maximum absolute atomic E-state index is 13.8. The highest BCUT2D eigenvalue weighted by Gasteiger charge is 2.41. The predicted molar refractivity (Wildman–Crippen MR) is 205 cm³/mol. The second kappa shape index (κ2) is 13.3. The van der Waals surface area contributed by atoms with Gasteiger partial charge in [-0.2, -0.15) is 5.10 Å². The zero-order valence-electron chi connectivity index (χ0n) is 29.0. The van der Waals surface area contributed by atoms with Gasteiger partial charge in [0.1, 0.15) is 16.9 Å². The number of carbonyl (C=O) groups excluding carboxylic acids is 1. The molecule has 5 aromatic carbocycles. The van der Waals surface area contributed by atoms with Gasteiger partial charge in [-0.3, -0.25) is 9.78 Å². The van der Waals surface area contributed by atoms with Crippen molar-refractivity contribution in [2.24, 2.45) is 4.99 Å². The second-order valence-electron chi connectivity index (χ2n) is 13.6. The first-order valence-corrected chi connectivity index (χ1v) is 17.5. The zero-order chi connectivity index (χ0) is 35.0. The molecule has 0 aliphatic carbocycles. The smallest absolute Gasteiger partial charge is 0.266 e. The maximum atomic E-state index is 13.8. The van der Waals surface area contributed by atoms with Gasteiger partial charge in [0.15, 0.2) is 0 Å². The fourth-order valence-corrected chi connectivity index (χ4v) is 7.37. The molecule has 1 aliphatic heterocycles. The van der Waals surface area contributed by atoms with Crippen LogP contribution in [-0.2, 0) is 16.8 Å². The number of pyridine rings is 1. The van der Waals surface area contributed by atoms with Crippen molar-refractivity contribution < 1.29 is 4.79 Å². The first kappa shape index (κ1) is 32.1. The van der Waals surface area contributed by atoms with Gasteiger partial charge in [0.05, 0.1) is 17.2 Å². The molecule has 1 atom stereocenters. The molecule has 0 fully saturated rings. The van der Waals surface area contributed by atoms with Gasteiger partial charge in [0.2, 0.25) is 0 Å². The Labute approximate surface area is 298 Å². The molecule has 3 heterocycles. The van der Waals surface area contributed by atoms with Crippen molar-refractivity contribution in [1.82, 2.24) is 20.1 Å². The molecule has 0 bridgehead atoms. The first-order chi connectivity index (χ1) is 24.9. The SMILES string of the molecule is CC(C)c1cccc([C@@H](C)NC(=O)C2=Nc3cc4c(-c5ccncc5)nn(C(c5ccccc5)(c5ccccc5)c5ccccc5)c4cc3C2)c1. The highest BCUT2D eigenvalue weighted by atomic mass is 16.2. The van der Waals surface area contributed by atoms with Crippen molar-refractivity contribution in [3.8, 4) is 11.3 Å². The van der Waals surface area contributed by atoms with E-state index >= 15 is 0 Å². The van der Waals surface area contributed by atoms with Crippen LogP contribution in [0.2, 0.25) is 0 Å². The molecule has 51 heavy (non-hydrogen) atoms. The third-order valence-electron chi connectivity index (χ3n) is 10.0. The molecule has 250 valence electrons. The molecule has 8 rings (SSSR count). The topological polar surface area (TPSA) is 72.2 Å². The van der Waals surface area contributed by atoms with Crippen molar-refractivity contribution in [3.05, 3.63) is 185 Å². The fourth-order valence-electron chi connectivity index (χ4n) is 7.37. The van der Waals surface area contributed by atoms with Gasteiger partial charge in [0, 0.05) is 29.8 Å². The van der Waals surface area contributed by atoms with E-state index in [0.29, 0.717) is 18.1 Å². The van der Waals surface area contributed by atoms with E-state index in [1.54, 1.807) is 12.4 Å². The van der Waals surface area contributed by atoms with Crippen LogP contribution in [0.1, 0.15) is 66.1 Å². The molecular weight excluding hydrogens is 627 g/mol. The van der Waals surface area contributed by atoms with Gasteiger partial charge in [-0.05, 0) is 70.5 Å². The molecule has 6 nitrogen and oxygen atoms in total. The summed E-state index contributed by atoms with van der Waals surface area (Å²) < 4.78 is 2.18. The summed E-state index contributed by atoms with van der Waals surface area (Å²) >= 11 is 0. The summed E-state index contributed by atoms with van der Waals surface area (Å²) in [4.78, 5) is 23.0. The molecule has 1 N–H and O–H groups in total.